The van der Waals surface area contributed by atoms with Gasteiger partial charge < -0.3 is 4.57 Å². The van der Waals surface area contributed by atoms with Gasteiger partial charge in [0.05, 0.1) is 22.4 Å². The average molecular weight is 414 g/mol. The van der Waals surface area contributed by atoms with Crippen LogP contribution in [0.2, 0.25) is 0 Å². The quantitative estimate of drug-likeness (QED) is 0.471. The number of nitriles is 1. The molecule has 4 aromatic rings. The van der Waals surface area contributed by atoms with E-state index in [1.54, 1.807) is 29.8 Å². The van der Waals surface area contributed by atoms with Crippen LogP contribution in [0.25, 0.3) is 22.5 Å². The molecule has 0 fully saturated rings. The van der Waals surface area contributed by atoms with Crippen molar-refractivity contribution in [3.05, 3.63) is 96.8 Å². The van der Waals surface area contributed by atoms with Crippen molar-refractivity contribution in [2.24, 2.45) is 7.05 Å². The first-order valence-corrected chi connectivity index (χ1v) is 10.9. The smallest absolute Gasteiger partial charge is 0.209 e. The Morgan fingerprint density at radius 1 is 0.833 bits per heavy atom. The lowest BCUT2D eigenvalue weighted by molar-refractivity contribution is 0.587. The number of benzene rings is 3. The predicted octanol–water partition coefficient (Wildman–Crippen LogP) is 4.79. The van der Waals surface area contributed by atoms with Gasteiger partial charge >= 0.3 is 0 Å². The zero-order valence-electron chi connectivity index (χ0n) is 16.3. The number of rotatable bonds is 5. The Bertz CT molecular complexity index is 1310. The van der Waals surface area contributed by atoms with E-state index in [0.29, 0.717) is 5.69 Å². The van der Waals surface area contributed by atoms with E-state index in [9.17, 15) is 13.7 Å². The molecular formula is C24H19N3O2S. The first-order chi connectivity index (χ1) is 14.5. The molecule has 0 spiro atoms. The molecule has 0 saturated carbocycles. The Morgan fingerprint density at radius 3 is 1.87 bits per heavy atom. The number of hydrogen-bond acceptors (Lipinski definition) is 4. The normalized spacial score (nSPS) is 12.3. The largest absolute Gasteiger partial charge is 0.329 e. The molecule has 1 heterocycles. The molecule has 0 aliphatic carbocycles. The zero-order chi connectivity index (χ0) is 21.1. The Morgan fingerprint density at radius 2 is 1.33 bits per heavy atom. The Kier molecular flexibility index (Phi) is 5.21. The van der Waals surface area contributed by atoms with Crippen molar-refractivity contribution >= 4 is 9.84 Å². The molecule has 0 N–H and O–H groups in total. The summed E-state index contributed by atoms with van der Waals surface area (Å²) in [4.78, 5) is 4.78. The van der Waals surface area contributed by atoms with Gasteiger partial charge in [0.1, 0.15) is 5.82 Å². The highest BCUT2D eigenvalue weighted by Crippen LogP contribution is 2.36. The van der Waals surface area contributed by atoms with Crippen LogP contribution in [0.3, 0.4) is 0 Å². The highest BCUT2D eigenvalue weighted by atomic mass is 32.2. The van der Waals surface area contributed by atoms with Crippen LogP contribution < -0.4 is 0 Å². The van der Waals surface area contributed by atoms with Crippen LogP contribution in [0.1, 0.15) is 11.1 Å². The van der Waals surface area contributed by atoms with Gasteiger partial charge in [-0.2, -0.15) is 5.26 Å². The van der Waals surface area contributed by atoms with E-state index in [1.165, 1.54) is 12.1 Å². The molecule has 1 unspecified atom stereocenters. The third-order valence-electron chi connectivity index (χ3n) is 4.96. The molecule has 6 heteroatoms. The minimum Gasteiger partial charge on any atom is -0.329 e. The standard InChI is InChI=1S/C24H19N3O2S/c1-27-23(19-13-7-3-8-14-19)22(18-11-5-2-6-12-18)26-24(27)21(17-25)30(28,29)20-15-9-4-10-16-20/h2-16,21H,1H3. The van der Waals surface area contributed by atoms with Crippen LogP contribution in [0.15, 0.2) is 95.9 Å². The van der Waals surface area contributed by atoms with Gasteiger partial charge in [-0.3, -0.25) is 0 Å². The number of imidazole rings is 1. The van der Waals surface area contributed by atoms with Gasteiger partial charge in [-0.15, -0.1) is 0 Å². The van der Waals surface area contributed by atoms with Crippen molar-refractivity contribution in [3.8, 4) is 28.6 Å². The van der Waals surface area contributed by atoms with Crippen LogP contribution >= 0.6 is 0 Å². The minimum atomic E-state index is -3.94. The lowest BCUT2D eigenvalue weighted by atomic mass is 10.1. The first-order valence-electron chi connectivity index (χ1n) is 9.40. The van der Waals surface area contributed by atoms with Gasteiger partial charge in [0.2, 0.25) is 15.1 Å². The maximum absolute atomic E-state index is 13.2. The monoisotopic (exact) mass is 413 g/mol. The summed E-state index contributed by atoms with van der Waals surface area (Å²) >= 11 is 0. The number of nitrogens with zero attached hydrogens (tertiary/aromatic N) is 3. The molecule has 3 aromatic carbocycles. The SMILES string of the molecule is Cn1c(C(C#N)S(=O)(=O)c2ccccc2)nc(-c2ccccc2)c1-c1ccccc1. The zero-order valence-corrected chi connectivity index (χ0v) is 17.1. The fraction of sp³-hybridized carbons (Fsp3) is 0.0833. The molecule has 0 radical (unpaired) electrons. The molecule has 1 aromatic heterocycles. The topological polar surface area (TPSA) is 75.8 Å². The molecule has 5 nitrogen and oxygen atoms in total. The fourth-order valence-corrected chi connectivity index (χ4v) is 4.92. The highest BCUT2D eigenvalue weighted by Gasteiger charge is 2.34. The van der Waals surface area contributed by atoms with Crippen LogP contribution in [-0.2, 0) is 16.9 Å². The third-order valence-corrected chi connectivity index (χ3v) is 6.82. The summed E-state index contributed by atoms with van der Waals surface area (Å²) in [7, 11) is -2.19. The van der Waals surface area contributed by atoms with E-state index in [0.717, 1.165) is 16.8 Å². The molecule has 1 atom stereocenters. The molecule has 0 amide bonds. The van der Waals surface area contributed by atoms with Crippen molar-refractivity contribution < 1.29 is 8.42 Å². The van der Waals surface area contributed by atoms with Crippen molar-refractivity contribution in [2.75, 3.05) is 0 Å². The van der Waals surface area contributed by atoms with Gasteiger partial charge in [-0.25, -0.2) is 13.4 Å². The van der Waals surface area contributed by atoms with Crippen LogP contribution in [0, 0.1) is 11.3 Å². The summed E-state index contributed by atoms with van der Waals surface area (Å²) < 4.78 is 28.2. The summed E-state index contributed by atoms with van der Waals surface area (Å²) in [5.74, 6) is 0.194. The number of hydrogen-bond donors (Lipinski definition) is 0. The molecule has 0 aliphatic rings. The van der Waals surface area contributed by atoms with Gasteiger partial charge in [0, 0.05) is 18.2 Å². The summed E-state index contributed by atoms with van der Waals surface area (Å²) in [5.41, 5.74) is 3.15. The van der Waals surface area contributed by atoms with E-state index in [-0.39, 0.29) is 10.7 Å². The molecule has 148 valence electrons. The first kappa shape index (κ1) is 19.6. The molecule has 30 heavy (non-hydrogen) atoms. The maximum atomic E-state index is 13.2. The van der Waals surface area contributed by atoms with E-state index < -0.39 is 15.1 Å². The third kappa shape index (κ3) is 3.40. The van der Waals surface area contributed by atoms with Crippen molar-refractivity contribution in [1.29, 1.82) is 5.26 Å². The Labute approximate surface area is 175 Å². The van der Waals surface area contributed by atoms with Gasteiger partial charge in [-0.1, -0.05) is 78.9 Å². The second-order valence-electron chi connectivity index (χ2n) is 6.83. The van der Waals surface area contributed by atoms with E-state index in [1.807, 2.05) is 66.7 Å². The number of sulfone groups is 1. The molecule has 4 rings (SSSR count). The van der Waals surface area contributed by atoms with Crippen LogP contribution in [0.4, 0.5) is 0 Å². The average Bonchev–Trinajstić information content (AvgIpc) is 3.13. The summed E-state index contributed by atoms with van der Waals surface area (Å²) in [6.45, 7) is 0. The predicted molar refractivity (Wildman–Crippen MR) is 116 cm³/mol. The summed E-state index contributed by atoms with van der Waals surface area (Å²) in [6, 6.07) is 29.2. The van der Waals surface area contributed by atoms with Crippen LogP contribution in [0.5, 0.6) is 0 Å². The van der Waals surface area contributed by atoms with E-state index >= 15 is 0 Å². The second-order valence-corrected chi connectivity index (χ2v) is 8.86. The molecule has 0 bridgehead atoms. The molecule has 0 saturated heterocycles. The Hall–Kier alpha value is -3.69. The van der Waals surface area contributed by atoms with E-state index in [2.05, 4.69) is 4.98 Å². The Balaban J connectivity index is 1.95. The molecule has 0 aliphatic heterocycles. The summed E-state index contributed by atoms with van der Waals surface area (Å²) in [5, 5.41) is 8.43. The van der Waals surface area contributed by atoms with Crippen molar-refractivity contribution in [3.63, 3.8) is 0 Å². The van der Waals surface area contributed by atoms with Crippen molar-refractivity contribution in [1.82, 2.24) is 9.55 Å². The van der Waals surface area contributed by atoms with E-state index in [4.69, 9.17) is 0 Å². The van der Waals surface area contributed by atoms with Crippen molar-refractivity contribution in [2.45, 2.75) is 10.1 Å². The minimum absolute atomic E-state index is 0.0991. The lowest BCUT2D eigenvalue weighted by Crippen LogP contribution is -2.16. The lowest BCUT2D eigenvalue weighted by Gasteiger charge is -2.12. The number of aromatic nitrogens is 2. The molecular weight excluding hydrogens is 394 g/mol. The summed E-state index contributed by atoms with van der Waals surface area (Å²) in [6.07, 6.45) is 0. The highest BCUT2D eigenvalue weighted by molar-refractivity contribution is 7.92. The maximum Gasteiger partial charge on any atom is 0.209 e. The van der Waals surface area contributed by atoms with Gasteiger partial charge in [0.25, 0.3) is 0 Å². The second kappa shape index (κ2) is 7.97. The van der Waals surface area contributed by atoms with Crippen LogP contribution in [-0.4, -0.2) is 18.0 Å². The fourth-order valence-electron chi connectivity index (χ4n) is 3.49. The van der Waals surface area contributed by atoms with Gasteiger partial charge in [0.15, 0.2) is 0 Å². The van der Waals surface area contributed by atoms with Gasteiger partial charge in [-0.05, 0) is 12.1 Å².